The summed E-state index contributed by atoms with van der Waals surface area (Å²) in [5.74, 6) is 1.15. The van der Waals surface area contributed by atoms with Crippen molar-refractivity contribution in [1.29, 1.82) is 5.26 Å². The lowest BCUT2D eigenvalue weighted by atomic mass is 9.80. The molecule has 2 N–H and O–H groups in total. The fourth-order valence-corrected chi connectivity index (χ4v) is 6.08. The highest BCUT2D eigenvalue weighted by atomic mass is 19.1. The maximum atomic E-state index is 14.2. The Morgan fingerprint density at radius 2 is 1.82 bits per heavy atom. The Labute approximate surface area is 258 Å². The Hall–Kier alpha value is -4.51. The average Bonchev–Trinajstić information content (AvgIpc) is 3.03. The fraction of sp³-hybridized carbons (Fsp3) is 0.389. The lowest BCUT2D eigenvalue weighted by Gasteiger charge is -2.28. The zero-order valence-corrected chi connectivity index (χ0v) is 25.3. The SMILES string of the molecule is CCCCC1CCC(C(=O)Oc2ccc3c(c2)OC(N)=C(C#N)C3c2ccc(OCc3ccccc3F)c(OCC)c2)CC1. The lowest BCUT2D eigenvalue weighted by molar-refractivity contribution is -0.140. The summed E-state index contributed by atoms with van der Waals surface area (Å²) in [7, 11) is 0. The summed E-state index contributed by atoms with van der Waals surface area (Å²) in [6.07, 6.45) is 7.48. The monoisotopic (exact) mass is 598 g/mol. The van der Waals surface area contributed by atoms with E-state index in [0.29, 0.717) is 46.6 Å². The Morgan fingerprint density at radius 1 is 1.02 bits per heavy atom. The summed E-state index contributed by atoms with van der Waals surface area (Å²) in [4.78, 5) is 13.0. The number of carbonyl (C=O) groups excluding carboxylic acids is 1. The van der Waals surface area contributed by atoms with Gasteiger partial charge in [0.05, 0.1) is 18.4 Å². The van der Waals surface area contributed by atoms with E-state index in [1.54, 1.807) is 48.5 Å². The van der Waals surface area contributed by atoms with E-state index in [9.17, 15) is 14.4 Å². The van der Waals surface area contributed by atoms with Crippen LogP contribution in [0.4, 0.5) is 4.39 Å². The fourth-order valence-electron chi connectivity index (χ4n) is 6.08. The van der Waals surface area contributed by atoms with E-state index in [1.165, 1.54) is 25.3 Å². The summed E-state index contributed by atoms with van der Waals surface area (Å²) in [5, 5.41) is 10.0. The van der Waals surface area contributed by atoms with Crippen LogP contribution in [-0.2, 0) is 11.4 Å². The second kappa shape index (κ2) is 14.3. The maximum absolute atomic E-state index is 14.2. The van der Waals surface area contributed by atoms with Crippen LogP contribution in [0.5, 0.6) is 23.0 Å². The molecule has 0 bridgehead atoms. The largest absolute Gasteiger partial charge is 0.490 e. The number of hydrogen-bond donors (Lipinski definition) is 1. The van der Waals surface area contributed by atoms with Crippen LogP contribution < -0.4 is 24.7 Å². The molecule has 1 unspecified atom stereocenters. The van der Waals surface area contributed by atoms with Crippen LogP contribution in [0, 0.1) is 29.0 Å². The number of unbranched alkanes of at least 4 members (excludes halogenated alkanes) is 1. The summed E-state index contributed by atoms with van der Waals surface area (Å²) in [6, 6.07) is 19.2. The summed E-state index contributed by atoms with van der Waals surface area (Å²) in [6.45, 7) is 4.47. The van der Waals surface area contributed by atoms with Gasteiger partial charge in [0.1, 0.15) is 35.6 Å². The van der Waals surface area contributed by atoms with E-state index < -0.39 is 5.92 Å². The van der Waals surface area contributed by atoms with Crippen molar-refractivity contribution < 1.29 is 28.1 Å². The van der Waals surface area contributed by atoms with E-state index in [1.807, 2.05) is 13.0 Å². The van der Waals surface area contributed by atoms with Crippen LogP contribution in [0.2, 0.25) is 0 Å². The zero-order valence-electron chi connectivity index (χ0n) is 25.3. The molecule has 1 aliphatic carbocycles. The molecule has 2 aliphatic rings. The molecule has 0 radical (unpaired) electrons. The Bertz CT molecular complexity index is 1550. The molecule has 3 aromatic carbocycles. The number of nitrogens with zero attached hydrogens (tertiary/aromatic N) is 1. The summed E-state index contributed by atoms with van der Waals surface area (Å²) in [5.41, 5.74) is 8.36. The van der Waals surface area contributed by atoms with Gasteiger partial charge in [-0.2, -0.15) is 5.26 Å². The first kappa shape index (κ1) is 30.9. The number of rotatable bonds is 11. The van der Waals surface area contributed by atoms with Gasteiger partial charge in [0.15, 0.2) is 11.5 Å². The van der Waals surface area contributed by atoms with Crippen LogP contribution in [0.1, 0.15) is 81.4 Å². The number of carbonyl (C=O) groups is 1. The maximum Gasteiger partial charge on any atom is 0.314 e. The molecule has 1 saturated carbocycles. The van der Waals surface area contributed by atoms with Crippen molar-refractivity contribution in [2.45, 2.75) is 71.3 Å². The third kappa shape index (κ3) is 6.99. The van der Waals surface area contributed by atoms with E-state index in [-0.39, 0.29) is 35.8 Å². The average molecular weight is 599 g/mol. The number of benzene rings is 3. The minimum Gasteiger partial charge on any atom is -0.490 e. The number of halogens is 1. The predicted octanol–water partition coefficient (Wildman–Crippen LogP) is 7.92. The molecule has 0 aromatic heterocycles. The van der Waals surface area contributed by atoms with E-state index in [2.05, 4.69) is 13.0 Å². The highest BCUT2D eigenvalue weighted by Crippen LogP contribution is 2.45. The summed E-state index contributed by atoms with van der Waals surface area (Å²) < 4.78 is 37.6. The van der Waals surface area contributed by atoms with Gasteiger partial charge >= 0.3 is 5.97 Å². The van der Waals surface area contributed by atoms with Gasteiger partial charge in [-0.3, -0.25) is 4.79 Å². The number of nitrogens with two attached hydrogens (primary N) is 1. The molecule has 1 atom stereocenters. The highest BCUT2D eigenvalue weighted by Gasteiger charge is 2.33. The molecule has 230 valence electrons. The number of hydrogen-bond acceptors (Lipinski definition) is 7. The van der Waals surface area contributed by atoms with Crippen molar-refractivity contribution in [2.75, 3.05) is 6.61 Å². The van der Waals surface area contributed by atoms with Crippen molar-refractivity contribution in [2.24, 2.45) is 17.6 Å². The van der Waals surface area contributed by atoms with Crippen LogP contribution in [0.25, 0.3) is 0 Å². The van der Waals surface area contributed by atoms with Crippen LogP contribution in [-0.4, -0.2) is 12.6 Å². The molecular weight excluding hydrogens is 559 g/mol. The first-order valence-electron chi connectivity index (χ1n) is 15.5. The standard InChI is InChI=1S/C36H39FN2O5/c1-3-5-8-23-11-13-24(14-12-23)36(40)43-27-16-17-28-32(20-27)44-35(39)29(21-38)34(28)25-15-18-31(33(19-25)41-4-2)42-22-26-9-6-7-10-30(26)37/h6-7,9-10,15-20,23-24,34H,3-5,8,11-14,22,39H2,1-2H3. The molecule has 3 aromatic rings. The molecule has 0 saturated heterocycles. The molecule has 7 nitrogen and oxygen atoms in total. The first-order chi connectivity index (χ1) is 21.4. The molecule has 1 fully saturated rings. The molecule has 8 heteroatoms. The molecule has 5 rings (SSSR count). The molecule has 1 heterocycles. The van der Waals surface area contributed by atoms with Crippen molar-refractivity contribution in [3.8, 4) is 29.1 Å². The van der Waals surface area contributed by atoms with Gasteiger partial charge in [0.2, 0.25) is 5.88 Å². The normalized spacial score (nSPS) is 19.4. The summed E-state index contributed by atoms with van der Waals surface area (Å²) >= 11 is 0. The number of fused-ring (bicyclic) bond motifs is 1. The molecule has 0 spiro atoms. The van der Waals surface area contributed by atoms with E-state index >= 15 is 0 Å². The number of allylic oxidation sites excluding steroid dienone is 1. The van der Waals surface area contributed by atoms with E-state index in [0.717, 1.165) is 31.2 Å². The topological polar surface area (TPSA) is 104 Å². The molecular formula is C36H39FN2O5. The van der Waals surface area contributed by atoms with Crippen LogP contribution >= 0.6 is 0 Å². The highest BCUT2D eigenvalue weighted by molar-refractivity contribution is 5.75. The second-order valence-electron chi connectivity index (χ2n) is 11.4. The van der Waals surface area contributed by atoms with Gasteiger partial charge in [-0.25, -0.2) is 4.39 Å². The van der Waals surface area contributed by atoms with Crippen molar-refractivity contribution in [3.05, 3.63) is 94.6 Å². The molecule has 44 heavy (non-hydrogen) atoms. The third-order valence-electron chi connectivity index (χ3n) is 8.50. The third-order valence-corrected chi connectivity index (χ3v) is 8.50. The van der Waals surface area contributed by atoms with Gasteiger partial charge < -0.3 is 24.7 Å². The van der Waals surface area contributed by atoms with Gasteiger partial charge in [-0.05, 0) is 68.4 Å². The predicted molar refractivity (Wildman–Crippen MR) is 165 cm³/mol. The molecule has 1 aliphatic heterocycles. The van der Waals surface area contributed by atoms with Gasteiger partial charge in [-0.1, -0.05) is 56.5 Å². The van der Waals surface area contributed by atoms with Gasteiger partial charge in [0, 0.05) is 17.2 Å². The van der Waals surface area contributed by atoms with Gasteiger partial charge in [-0.15, -0.1) is 0 Å². The van der Waals surface area contributed by atoms with Crippen molar-refractivity contribution in [3.63, 3.8) is 0 Å². The first-order valence-corrected chi connectivity index (χ1v) is 15.5. The molecule has 0 amide bonds. The second-order valence-corrected chi connectivity index (χ2v) is 11.4. The quantitative estimate of drug-likeness (QED) is 0.177. The van der Waals surface area contributed by atoms with Crippen LogP contribution in [0.15, 0.2) is 72.1 Å². The minimum atomic E-state index is -0.549. The van der Waals surface area contributed by atoms with Crippen LogP contribution in [0.3, 0.4) is 0 Å². The van der Waals surface area contributed by atoms with Gasteiger partial charge in [0.25, 0.3) is 0 Å². The minimum absolute atomic E-state index is 0.0169. The number of ether oxygens (including phenoxy) is 4. The number of nitriles is 1. The lowest BCUT2D eigenvalue weighted by Crippen LogP contribution is -2.26. The Morgan fingerprint density at radius 3 is 2.55 bits per heavy atom. The van der Waals surface area contributed by atoms with Crippen molar-refractivity contribution in [1.82, 2.24) is 0 Å². The zero-order chi connectivity index (χ0) is 31.1. The van der Waals surface area contributed by atoms with Crippen molar-refractivity contribution >= 4 is 5.97 Å². The number of esters is 1. The Kier molecular flexibility index (Phi) is 10.1. The van der Waals surface area contributed by atoms with E-state index in [4.69, 9.17) is 24.7 Å². The smallest absolute Gasteiger partial charge is 0.314 e. The Balaban J connectivity index is 1.35.